The third kappa shape index (κ3) is 3.52. The molecule has 0 bridgehead atoms. The SMILES string of the molecule is CC(C)C(C)NC(=O)c1ccc(Br)cc1S. The molecule has 2 nitrogen and oxygen atoms in total. The number of thiol groups is 1. The molecule has 16 heavy (non-hydrogen) atoms. The highest BCUT2D eigenvalue weighted by atomic mass is 79.9. The van der Waals surface area contributed by atoms with Crippen molar-refractivity contribution in [3.63, 3.8) is 0 Å². The number of carbonyl (C=O) groups is 1. The first-order chi connectivity index (χ1) is 7.41. The Morgan fingerprint density at radius 3 is 2.50 bits per heavy atom. The van der Waals surface area contributed by atoms with E-state index in [1.807, 2.05) is 19.1 Å². The van der Waals surface area contributed by atoms with Crippen LogP contribution in [0.5, 0.6) is 0 Å². The van der Waals surface area contributed by atoms with Crippen molar-refractivity contribution in [1.29, 1.82) is 0 Å². The van der Waals surface area contributed by atoms with Crippen LogP contribution in [0.4, 0.5) is 0 Å². The third-order valence-corrected chi connectivity index (χ3v) is 3.43. The number of amides is 1. The van der Waals surface area contributed by atoms with Gasteiger partial charge >= 0.3 is 0 Å². The van der Waals surface area contributed by atoms with Gasteiger partial charge in [-0.15, -0.1) is 12.6 Å². The summed E-state index contributed by atoms with van der Waals surface area (Å²) < 4.78 is 0.922. The average molecular weight is 302 g/mol. The van der Waals surface area contributed by atoms with Crippen molar-refractivity contribution >= 4 is 34.5 Å². The Hall–Kier alpha value is -0.480. The monoisotopic (exact) mass is 301 g/mol. The van der Waals surface area contributed by atoms with E-state index in [9.17, 15) is 4.79 Å². The first-order valence-corrected chi connectivity index (χ1v) is 6.45. The van der Waals surface area contributed by atoms with Crippen LogP contribution in [0.25, 0.3) is 0 Å². The summed E-state index contributed by atoms with van der Waals surface area (Å²) in [5.41, 5.74) is 0.610. The quantitative estimate of drug-likeness (QED) is 0.822. The van der Waals surface area contributed by atoms with E-state index >= 15 is 0 Å². The Morgan fingerprint density at radius 2 is 2.00 bits per heavy atom. The van der Waals surface area contributed by atoms with Crippen LogP contribution in [0.15, 0.2) is 27.6 Å². The Morgan fingerprint density at radius 1 is 1.38 bits per heavy atom. The van der Waals surface area contributed by atoms with Crippen molar-refractivity contribution in [2.24, 2.45) is 5.92 Å². The summed E-state index contributed by atoms with van der Waals surface area (Å²) in [6, 6.07) is 5.59. The van der Waals surface area contributed by atoms with Crippen LogP contribution < -0.4 is 5.32 Å². The molecule has 1 N–H and O–H groups in total. The lowest BCUT2D eigenvalue weighted by molar-refractivity contribution is 0.0927. The van der Waals surface area contributed by atoms with Crippen LogP contribution in [0.2, 0.25) is 0 Å². The Labute approximate surface area is 110 Å². The molecule has 1 amide bonds. The lowest BCUT2D eigenvalue weighted by Crippen LogP contribution is -2.36. The fraction of sp³-hybridized carbons (Fsp3) is 0.417. The zero-order valence-corrected chi connectivity index (χ0v) is 12.1. The summed E-state index contributed by atoms with van der Waals surface area (Å²) in [6.07, 6.45) is 0. The smallest absolute Gasteiger partial charge is 0.252 e. The second-order valence-corrected chi connectivity index (χ2v) is 5.57. The highest BCUT2D eigenvalue weighted by molar-refractivity contribution is 9.10. The van der Waals surface area contributed by atoms with Crippen molar-refractivity contribution < 1.29 is 4.79 Å². The van der Waals surface area contributed by atoms with Gasteiger partial charge in [-0.25, -0.2) is 0 Å². The van der Waals surface area contributed by atoms with Crippen LogP contribution in [-0.4, -0.2) is 11.9 Å². The fourth-order valence-corrected chi connectivity index (χ4v) is 2.00. The van der Waals surface area contributed by atoms with E-state index in [4.69, 9.17) is 0 Å². The molecule has 1 atom stereocenters. The van der Waals surface area contributed by atoms with Gasteiger partial charge in [0.15, 0.2) is 0 Å². The van der Waals surface area contributed by atoms with E-state index < -0.39 is 0 Å². The molecule has 0 spiro atoms. The highest BCUT2D eigenvalue weighted by Gasteiger charge is 2.14. The molecule has 0 saturated carbocycles. The van der Waals surface area contributed by atoms with Gasteiger partial charge in [0, 0.05) is 15.4 Å². The molecular formula is C12H16BrNOS. The van der Waals surface area contributed by atoms with Crippen molar-refractivity contribution in [2.75, 3.05) is 0 Å². The Balaban J connectivity index is 2.81. The molecule has 0 aliphatic carbocycles. The molecule has 0 radical (unpaired) electrons. The minimum absolute atomic E-state index is 0.0706. The van der Waals surface area contributed by atoms with Gasteiger partial charge in [-0.3, -0.25) is 4.79 Å². The molecule has 1 rings (SSSR count). The van der Waals surface area contributed by atoms with E-state index in [-0.39, 0.29) is 11.9 Å². The van der Waals surface area contributed by atoms with Gasteiger partial charge < -0.3 is 5.32 Å². The number of hydrogen-bond donors (Lipinski definition) is 2. The van der Waals surface area contributed by atoms with Gasteiger partial charge in [-0.1, -0.05) is 29.8 Å². The van der Waals surface area contributed by atoms with E-state index in [0.717, 1.165) is 4.47 Å². The van der Waals surface area contributed by atoms with Gasteiger partial charge in [0.05, 0.1) is 5.56 Å². The van der Waals surface area contributed by atoms with Crippen LogP contribution in [0, 0.1) is 5.92 Å². The standard InChI is InChI=1S/C12H16BrNOS/c1-7(2)8(3)14-12(15)10-5-4-9(13)6-11(10)16/h4-8,16H,1-3H3,(H,14,15). The predicted octanol–water partition coefficient (Wildman–Crippen LogP) is 3.51. The van der Waals surface area contributed by atoms with Gasteiger partial charge in [0.25, 0.3) is 5.91 Å². The summed E-state index contributed by atoms with van der Waals surface area (Å²) in [7, 11) is 0. The minimum Gasteiger partial charge on any atom is -0.349 e. The van der Waals surface area contributed by atoms with Crippen LogP contribution in [0.1, 0.15) is 31.1 Å². The highest BCUT2D eigenvalue weighted by Crippen LogP contribution is 2.20. The molecule has 0 aliphatic heterocycles. The van der Waals surface area contributed by atoms with E-state index in [1.165, 1.54) is 0 Å². The van der Waals surface area contributed by atoms with Gasteiger partial charge in [0.1, 0.15) is 0 Å². The second kappa shape index (κ2) is 5.73. The topological polar surface area (TPSA) is 29.1 Å². The van der Waals surface area contributed by atoms with E-state index in [1.54, 1.807) is 6.07 Å². The van der Waals surface area contributed by atoms with Crippen molar-refractivity contribution in [3.8, 4) is 0 Å². The molecule has 1 unspecified atom stereocenters. The molecule has 0 heterocycles. The summed E-state index contributed by atoms with van der Waals surface area (Å²) in [6.45, 7) is 6.15. The fourth-order valence-electron chi connectivity index (χ4n) is 1.15. The number of benzene rings is 1. The lowest BCUT2D eigenvalue weighted by atomic mass is 10.1. The van der Waals surface area contributed by atoms with Gasteiger partial charge in [-0.05, 0) is 31.0 Å². The summed E-state index contributed by atoms with van der Waals surface area (Å²) >= 11 is 7.63. The first-order valence-electron chi connectivity index (χ1n) is 5.21. The van der Waals surface area contributed by atoms with Crippen molar-refractivity contribution in [2.45, 2.75) is 31.7 Å². The van der Waals surface area contributed by atoms with E-state index in [0.29, 0.717) is 16.4 Å². The molecule has 0 fully saturated rings. The largest absolute Gasteiger partial charge is 0.349 e. The zero-order valence-electron chi connectivity index (χ0n) is 9.62. The third-order valence-electron chi connectivity index (χ3n) is 2.56. The maximum atomic E-state index is 11.9. The molecule has 1 aromatic carbocycles. The number of carbonyl (C=O) groups excluding carboxylic acids is 1. The first kappa shape index (κ1) is 13.6. The molecule has 4 heteroatoms. The van der Waals surface area contributed by atoms with Crippen LogP contribution in [-0.2, 0) is 0 Å². The number of rotatable bonds is 3. The Kier molecular flexibility index (Phi) is 4.87. The molecule has 1 aromatic rings. The summed E-state index contributed by atoms with van der Waals surface area (Å²) in [5.74, 6) is 0.349. The maximum Gasteiger partial charge on any atom is 0.252 e. The average Bonchev–Trinajstić information content (AvgIpc) is 2.16. The number of hydrogen-bond acceptors (Lipinski definition) is 2. The minimum atomic E-state index is -0.0706. The number of nitrogens with one attached hydrogen (secondary N) is 1. The van der Waals surface area contributed by atoms with E-state index in [2.05, 4.69) is 47.7 Å². The zero-order chi connectivity index (χ0) is 12.3. The van der Waals surface area contributed by atoms with Gasteiger partial charge in [0.2, 0.25) is 0 Å². The van der Waals surface area contributed by atoms with Crippen LogP contribution >= 0.6 is 28.6 Å². The van der Waals surface area contributed by atoms with Crippen molar-refractivity contribution in [1.82, 2.24) is 5.32 Å². The van der Waals surface area contributed by atoms with Crippen molar-refractivity contribution in [3.05, 3.63) is 28.2 Å². The molecule has 88 valence electrons. The molecule has 0 aromatic heterocycles. The molecule has 0 saturated heterocycles. The van der Waals surface area contributed by atoms with Crippen LogP contribution in [0.3, 0.4) is 0 Å². The normalized spacial score (nSPS) is 12.6. The second-order valence-electron chi connectivity index (χ2n) is 4.17. The van der Waals surface area contributed by atoms with Gasteiger partial charge in [-0.2, -0.15) is 0 Å². The Bertz CT molecular complexity index is 393. The molecular weight excluding hydrogens is 286 g/mol. The molecule has 0 aliphatic rings. The number of halogens is 1. The maximum absolute atomic E-state index is 11.9. The summed E-state index contributed by atoms with van der Waals surface area (Å²) in [4.78, 5) is 12.6. The predicted molar refractivity (Wildman–Crippen MR) is 73.2 cm³/mol. The summed E-state index contributed by atoms with van der Waals surface area (Å²) in [5, 5.41) is 2.95. The lowest BCUT2D eigenvalue weighted by Gasteiger charge is -2.18.